The van der Waals surface area contributed by atoms with Gasteiger partial charge in [-0.1, -0.05) is 35.3 Å². The molecule has 18 heavy (non-hydrogen) atoms. The lowest BCUT2D eigenvalue weighted by molar-refractivity contribution is -0.146. The molecular weight excluding hydrogens is 277 g/mol. The Labute approximate surface area is 115 Å². The first kappa shape index (κ1) is 14.8. The summed E-state index contributed by atoms with van der Waals surface area (Å²) in [5.74, 6) is -2.84. The highest BCUT2D eigenvalue weighted by Crippen LogP contribution is 2.29. The van der Waals surface area contributed by atoms with Crippen LogP contribution >= 0.6 is 23.2 Å². The summed E-state index contributed by atoms with van der Waals surface area (Å²) in [6.45, 7) is 3.04. The number of carbonyl (C=O) groups is 2. The third-order valence-corrected chi connectivity index (χ3v) is 3.40. The first-order chi connectivity index (χ1) is 8.34. The molecule has 6 heteroatoms. The van der Waals surface area contributed by atoms with Gasteiger partial charge in [-0.3, -0.25) is 9.59 Å². The minimum Gasteiger partial charge on any atom is -0.481 e. The Hall–Kier alpha value is -1.26. The zero-order valence-corrected chi connectivity index (χ0v) is 11.4. The Balaban J connectivity index is 2.83. The van der Waals surface area contributed by atoms with E-state index in [-0.39, 0.29) is 0 Å². The maximum Gasteiger partial charge on any atom is 0.315 e. The van der Waals surface area contributed by atoms with Gasteiger partial charge >= 0.3 is 5.97 Å². The van der Waals surface area contributed by atoms with Crippen LogP contribution in [0.5, 0.6) is 0 Å². The number of aliphatic carboxylic acids is 1. The molecule has 1 amide bonds. The van der Waals surface area contributed by atoms with E-state index in [1.54, 1.807) is 25.1 Å². The Morgan fingerprint density at radius 1 is 1.28 bits per heavy atom. The van der Waals surface area contributed by atoms with Crippen LogP contribution in [0.2, 0.25) is 10.0 Å². The lowest BCUT2D eigenvalue weighted by Crippen LogP contribution is -2.35. The molecule has 0 spiro atoms. The quantitative estimate of drug-likeness (QED) is 0.838. The van der Waals surface area contributed by atoms with Crippen molar-refractivity contribution in [3.8, 4) is 0 Å². The molecule has 2 unspecified atom stereocenters. The SMILES string of the molecule is CC(C(=O)O)C(=O)NC(C)c1cccc(Cl)c1Cl. The van der Waals surface area contributed by atoms with Crippen LogP contribution in [0.25, 0.3) is 0 Å². The van der Waals surface area contributed by atoms with Crippen molar-refractivity contribution in [2.45, 2.75) is 19.9 Å². The second-order valence-electron chi connectivity index (χ2n) is 3.93. The standard InChI is InChI=1S/C12H13Cl2NO3/c1-6(12(17)18)11(16)15-7(2)8-4-3-5-9(13)10(8)14/h3-7H,1-2H3,(H,15,16)(H,17,18). The van der Waals surface area contributed by atoms with Crippen molar-refractivity contribution in [2.75, 3.05) is 0 Å². The maximum atomic E-state index is 11.6. The van der Waals surface area contributed by atoms with Gasteiger partial charge in [-0.15, -0.1) is 0 Å². The fourth-order valence-corrected chi connectivity index (χ4v) is 1.85. The van der Waals surface area contributed by atoms with Gasteiger partial charge in [0, 0.05) is 0 Å². The molecule has 4 nitrogen and oxygen atoms in total. The van der Waals surface area contributed by atoms with Crippen molar-refractivity contribution >= 4 is 35.1 Å². The Kier molecular flexibility index (Phi) is 4.99. The summed E-state index contributed by atoms with van der Waals surface area (Å²) in [6.07, 6.45) is 0. The molecule has 1 rings (SSSR count). The molecule has 1 aromatic rings. The van der Waals surface area contributed by atoms with Gasteiger partial charge in [-0.2, -0.15) is 0 Å². The van der Waals surface area contributed by atoms with Gasteiger partial charge in [0.15, 0.2) is 0 Å². The number of halogens is 2. The molecule has 0 fully saturated rings. The molecule has 98 valence electrons. The minimum atomic E-state index is -1.17. The summed E-state index contributed by atoms with van der Waals surface area (Å²) in [4.78, 5) is 22.3. The lowest BCUT2D eigenvalue weighted by atomic mass is 10.1. The fourth-order valence-electron chi connectivity index (χ4n) is 1.38. The van der Waals surface area contributed by atoms with Gasteiger partial charge in [-0.05, 0) is 25.5 Å². The summed E-state index contributed by atoms with van der Waals surface area (Å²) in [5, 5.41) is 12.1. The van der Waals surface area contributed by atoms with E-state index in [2.05, 4.69) is 5.32 Å². The molecule has 0 aromatic heterocycles. The highest BCUT2D eigenvalue weighted by atomic mass is 35.5. The van der Waals surface area contributed by atoms with Gasteiger partial charge in [0.1, 0.15) is 5.92 Å². The molecule has 0 heterocycles. The first-order valence-corrected chi connectivity index (χ1v) is 6.07. The summed E-state index contributed by atoms with van der Waals surface area (Å²) >= 11 is 11.9. The van der Waals surface area contributed by atoms with Gasteiger partial charge in [0.25, 0.3) is 0 Å². The van der Waals surface area contributed by atoms with Crippen LogP contribution in [-0.2, 0) is 9.59 Å². The molecule has 0 aliphatic carbocycles. The average molecular weight is 290 g/mol. The Bertz CT molecular complexity index is 476. The highest BCUT2D eigenvalue weighted by molar-refractivity contribution is 6.42. The zero-order valence-electron chi connectivity index (χ0n) is 9.91. The Morgan fingerprint density at radius 2 is 1.89 bits per heavy atom. The largest absolute Gasteiger partial charge is 0.481 e. The molecular formula is C12H13Cl2NO3. The van der Waals surface area contributed by atoms with Gasteiger partial charge in [0.2, 0.25) is 5.91 Å². The topological polar surface area (TPSA) is 66.4 Å². The molecule has 0 bridgehead atoms. The number of carboxylic acid groups (broad SMARTS) is 1. The summed E-state index contributed by atoms with van der Waals surface area (Å²) in [7, 11) is 0. The molecule has 0 aliphatic heterocycles. The molecule has 2 atom stereocenters. The zero-order chi connectivity index (χ0) is 13.9. The first-order valence-electron chi connectivity index (χ1n) is 5.31. The van der Waals surface area contributed by atoms with Gasteiger partial charge < -0.3 is 10.4 Å². The second-order valence-corrected chi connectivity index (χ2v) is 4.72. The van der Waals surface area contributed by atoms with Crippen molar-refractivity contribution in [3.63, 3.8) is 0 Å². The van der Waals surface area contributed by atoms with E-state index < -0.39 is 23.8 Å². The van der Waals surface area contributed by atoms with E-state index in [1.807, 2.05) is 0 Å². The van der Waals surface area contributed by atoms with Gasteiger partial charge in [-0.25, -0.2) is 0 Å². The summed E-state index contributed by atoms with van der Waals surface area (Å²) in [5.41, 5.74) is 0.648. The molecule has 0 saturated heterocycles. The molecule has 1 aromatic carbocycles. The van der Waals surface area contributed by atoms with E-state index >= 15 is 0 Å². The Morgan fingerprint density at radius 3 is 2.44 bits per heavy atom. The number of rotatable bonds is 4. The van der Waals surface area contributed by atoms with E-state index in [0.29, 0.717) is 15.6 Å². The van der Waals surface area contributed by atoms with Crippen molar-refractivity contribution in [1.29, 1.82) is 0 Å². The predicted octanol–water partition coefficient (Wildman–Crippen LogP) is 2.89. The molecule has 0 saturated carbocycles. The average Bonchev–Trinajstić information content (AvgIpc) is 2.31. The number of hydrogen-bond acceptors (Lipinski definition) is 2. The van der Waals surface area contributed by atoms with Crippen LogP contribution in [0.15, 0.2) is 18.2 Å². The second kappa shape index (κ2) is 6.07. The van der Waals surface area contributed by atoms with Crippen LogP contribution in [0, 0.1) is 5.92 Å². The minimum absolute atomic E-state index is 0.356. The van der Waals surface area contributed by atoms with Crippen LogP contribution in [0.3, 0.4) is 0 Å². The number of carboxylic acids is 1. The predicted molar refractivity (Wildman–Crippen MR) is 69.8 cm³/mol. The number of carbonyl (C=O) groups excluding carboxylic acids is 1. The summed E-state index contributed by atoms with van der Waals surface area (Å²) < 4.78 is 0. The number of amides is 1. The molecule has 0 aliphatic rings. The van der Waals surface area contributed by atoms with Crippen molar-refractivity contribution in [3.05, 3.63) is 33.8 Å². The smallest absolute Gasteiger partial charge is 0.315 e. The van der Waals surface area contributed by atoms with Crippen LogP contribution in [0.4, 0.5) is 0 Å². The third kappa shape index (κ3) is 3.37. The normalized spacial score (nSPS) is 13.8. The van der Waals surface area contributed by atoms with E-state index in [0.717, 1.165) is 0 Å². The van der Waals surface area contributed by atoms with Gasteiger partial charge in [0.05, 0.1) is 16.1 Å². The maximum absolute atomic E-state index is 11.6. The monoisotopic (exact) mass is 289 g/mol. The van der Waals surface area contributed by atoms with E-state index in [4.69, 9.17) is 28.3 Å². The summed E-state index contributed by atoms with van der Waals surface area (Å²) in [6, 6.07) is 4.67. The molecule has 2 N–H and O–H groups in total. The van der Waals surface area contributed by atoms with Crippen molar-refractivity contribution < 1.29 is 14.7 Å². The van der Waals surface area contributed by atoms with E-state index in [9.17, 15) is 9.59 Å². The number of benzene rings is 1. The lowest BCUT2D eigenvalue weighted by Gasteiger charge is -2.17. The van der Waals surface area contributed by atoms with Crippen LogP contribution in [0.1, 0.15) is 25.5 Å². The van der Waals surface area contributed by atoms with Crippen LogP contribution < -0.4 is 5.32 Å². The fraction of sp³-hybridized carbons (Fsp3) is 0.333. The van der Waals surface area contributed by atoms with Crippen molar-refractivity contribution in [1.82, 2.24) is 5.32 Å². The van der Waals surface area contributed by atoms with E-state index in [1.165, 1.54) is 6.92 Å². The third-order valence-electron chi connectivity index (χ3n) is 2.57. The number of nitrogens with one attached hydrogen (secondary N) is 1. The number of hydrogen-bond donors (Lipinski definition) is 2. The molecule has 0 radical (unpaired) electrons. The van der Waals surface area contributed by atoms with Crippen LogP contribution in [-0.4, -0.2) is 17.0 Å². The highest BCUT2D eigenvalue weighted by Gasteiger charge is 2.23. The van der Waals surface area contributed by atoms with Crippen molar-refractivity contribution in [2.24, 2.45) is 5.92 Å².